The Morgan fingerprint density at radius 1 is 1.04 bits per heavy atom. The van der Waals surface area contributed by atoms with Gasteiger partial charge in [0.2, 0.25) is 11.9 Å². The van der Waals surface area contributed by atoms with Crippen LogP contribution in [0.25, 0.3) is 0 Å². The van der Waals surface area contributed by atoms with Gasteiger partial charge in [-0.05, 0) is 36.8 Å². The average Bonchev–Trinajstić information content (AvgIpc) is 2.68. The maximum atomic E-state index is 12.1. The third-order valence-corrected chi connectivity index (χ3v) is 3.88. The van der Waals surface area contributed by atoms with E-state index in [-0.39, 0.29) is 30.7 Å². The number of benzene rings is 2. The van der Waals surface area contributed by atoms with Crippen LogP contribution in [0.5, 0.6) is 5.75 Å². The molecule has 28 heavy (non-hydrogen) atoms. The minimum atomic E-state index is -0.391. The number of hydrogen-bond donors (Lipinski definition) is 2. The number of rotatable bonds is 7. The molecule has 8 nitrogen and oxygen atoms in total. The van der Waals surface area contributed by atoms with E-state index in [1.807, 2.05) is 43.3 Å². The van der Waals surface area contributed by atoms with Crippen LogP contribution in [0.4, 0.5) is 17.6 Å². The smallest absolute Gasteiger partial charge is 0.310 e. The lowest BCUT2D eigenvalue weighted by Gasteiger charge is -2.08. The maximum absolute atomic E-state index is 12.1. The summed E-state index contributed by atoms with van der Waals surface area (Å²) in [6.45, 7) is 1.91. The van der Waals surface area contributed by atoms with Crippen LogP contribution < -0.4 is 15.8 Å². The van der Waals surface area contributed by atoms with Crippen LogP contribution in [0.2, 0.25) is 0 Å². The van der Waals surface area contributed by atoms with Crippen LogP contribution in [0.1, 0.15) is 17.0 Å². The Morgan fingerprint density at radius 3 is 2.43 bits per heavy atom. The molecule has 0 saturated heterocycles. The molecule has 144 valence electrons. The number of ether oxygens (including phenoxy) is 2. The van der Waals surface area contributed by atoms with Crippen LogP contribution in [0.3, 0.4) is 0 Å². The SMILES string of the molecule is COc1ccc(CC(=O)OCc2nc(N)nc(Nc3ccc(C)cc3)n2)cc1. The molecule has 3 aromatic rings. The third-order valence-electron chi connectivity index (χ3n) is 3.88. The molecule has 3 N–H and O–H groups in total. The van der Waals surface area contributed by atoms with Gasteiger partial charge < -0.3 is 20.5 Å². The lowest BCUT2D eigenvalue weighted by molar-refractivity contribution is -0.144. The van der Waals surface area contributed by atoms with Gasteiger partial charge in [-0.2, -0.15) is 15.0 Å². The number of nitrogens with zero attached hydrogens (tertiary/aromatic N) is 3. The first kappa shape index (κ1) is 19.1. The van der Waals surface area contributed by atoms with Crippen molar-refractivity contribution in [3.8, 4) is 5.75 Å². The van der Waals surface area contributed by atoms with Gasteiger partial charge >= 0.3 is 5.97 Å². The molecule has 0 amide bonds. The number of nitrogens with two attached hydrogens (primary N) is 1. The molecule has 0 spiro atoms. The lowest BCUT2D eigenvalue weighted by Crippen LogP contribution is -2.12. The fourth-order valence-corrected chi connectivity index (χ4v) is 2.43. The first-order valence-corrected chi connectivity index (χ1v) is 8.64. The summed E-state index contributed by atoms with van der Waals surface area (Å²) in [7, 11) is 1.59. The van der Waals surface area contributed by atoms with Crippen molar-refractivity contribution >= 4 is 23.6 Å². The Balaban J connectivity index is 1.59. The molecular formula is C20H21N5O3. The van der Waals surface area contributed by atoms with Gasteiger partial charge in [0.1, 0.15) is 5.75 Å². The summed E-state index contributed by atoms with van der Waals surface area (Å²) in [6.07, 6.45) is 0.138. The van der Waals surface area contributed by atoms with Gasteiger partial charge in [0.05, 0.1) is 13.5 Å². The van der Waals surface area contributed by atoms with Gasteiger partial charge in [-0.3, -0.25) is 4.79 Å². The highest BCUT2D eigenvalue weighted by Crippen LogP contribution is 2.15. The maximum Gasteiger partial charge on any atom is 0.310 e. The van der Waals surface area contributed by atoms with Crippen molar-refractivity contribution in [1.82, 2.24) is 15.0 Å². The second-order valence-corrected chi connectivity index (χ2v) is 6.11. The average molecular weight is 379 g/mol. The number of nitrogens with one attached hydrogen (secondary N) is 1. The second-order valence-electron chi connectivity index (χ2n) is 6.11. The zero-order valence-corrected chi connectivity index (χ0v) is 15.7. The monoisotopic (exact) mass is 379 g/mol. The predicted octanol–water partition coefficient (Wildman–Crippen LogP) is 2.80. The molecule has 0 radical (unpaired) electrons. The Hall–Kier alpha value is -3.68. The van der Waals surface area contributed by atoms with Crippen LogP contribution in [-0.2, 0) is 22.6 Å². The van der Waals surface area contributed by atoms with Crippen LogP contribution >= 0.6 is 0 Å². The van der Waals surface area contributed by atoms with E-state index < -0.39 is 5.97 Å². The molecule has 8 heteroatoms. The second kappa shape index (κ2) is 8.81. The van der Waals surface area contributed by atoms with Crippen molar-refractivity contribution in [2.75, 3.05) is 18.2 Å². The molecule has 0 aliphatic heterocycles. The lowest BCUT2D eigenvalue weighted by atomic mass is 10.1. The Kier molecular flexibility index (Phi) is 6.01. The molecule has 0 aliphatic rings. The van der Waals surface area contributed by atoms with E-state index in [4.69, 9.17) is 15.2 Å². The van der Waals surface area contributed by atoms with Crippen molar-refractivity contribution in [3.05, 3.63) is 65.5 Å². The summed E-state index contributed by atoms with van der Waals surface area (Å²) in [5, 5.41) is 3.06. The first-order chi connectivity index (χ1) is 13.5. The number of esters is 1. The topological polar surface area (TPSA) is 112 Å². The number of nitrogen functional groups attached to an aromatic ring is 1. The largest absolute Gasteiger partial charge is 0.497 e. The van der Waals surface area contributed by atoms with E-state index in [1.54, 1.807) is 19.2 Å². The number of aryl methyl sites for hydroxylation is 1. The van der Waals surface area contributed by atoms with E-state index in [0.717, 1.165) is 22.6 Å². The zero-order valence-electron chi connectivity index (χ0n) is 15.7. The molecule has 0 saturated carbocycles. The van der Waals surface area contributed by atoms with Crippen molar-refractivity contribution in [1.29, 1.82) is 0 Å². The molecule has 0 unspecified atom stereocenters. The number of hydrogen-bond acceptors (Lipinski definition) is 8. The minimum absolute atomic E-state index is 0.0471. The number of carbonyl (C=O) groups excluding carboxylic acids is 1. The van der Waals surface area contributed by atoms with E-state index >= 15 is 0 Å². The van der Waals surface area contributed by atoms with E-state index in [2.05, 4.69) is 20.3 Å². The molecular weight excluding hydrogens is 358 g/mol. The quantitative estimate of drug-likeness (QED) is 0.603. The number of anilines is 3. The van der Waals surface area contributed by atoms with Gasteiger partial charge in [-0.15, -0.1) is 0 Å². The normalized spacial score (nSPS) is 10.4. The number of carbonyl (C=O) groups is 1. The van der Waals surface area contributed by atoms with Crippen molar-refractivity contribution in [2.24, 2.45) is 0 Å². The molecule has 1 aromatic heterocycles. The highest BCUT2D eigenvalue weighted by molar-refractivity contribution is 5.72. The first-order valence-electron chi connectivity index (χ1n) is 8.64. The molecule has 3 rings (SSSR count). The molecule has 0 bridgehead atoms. The number of methoxy groups -OCH3 is 1. The number of aromatic nitrogens is 3. The highest BCUT2D eigenvalue weighted by atomic mass is 16.5. The Morgan fingerprint density at radius 2 is 1.75 bits per heavy atom. The standard InChI is InChI=1S/C20H21N5O3/c1-13-3-7-15(8-4-13)22-20-24-17(23-19(21)25-20)12-28-18(26)11-14-5-9-16(27-2)10-6-14/h3-10H,11-12H2,1-2H3,(H3,21,22,23,24,25). The zero-order chi connectivity index (χ0) is 19.9. The van der Waals surface area contributed by atoms with Crippen LogP contribution in [0.15, 0.2) is 48.5 Å². The molecule has 2 aromatic carbocycles. The van der Waals surface area contributed by atoms with Crippen LogP contribution in [-0.4, -0.2) is 28.0 Å². The van der Waals surface area contributed by atoms with Crippen LogP contribution in [0, 0.1) is 6.92 Å². The van der Waals surface area contributed by atoms with Gasteiger partial charge in [0, 0.05) is 5.69 Å². The van der Waals surface area contributed by atoms with E-state index in [0.29, 0.717) is 0 Å². The van der Waals surface area contributed by atoms with Crippen molar-refractivity contribution in [3.63, 3.8) is 0 Å². The summed E-state index contributed by atoms with van der Waals surface area (Å²) in [6, 6.07) is 14.9. The predicted molar refractivity (Wildman–Crippen MR) is 105 cm³/mol. The van der Waals surface area contributed by atoms with E-state index in [9.17, 15) is 4.79 Å². The van der Waals surface area contributed by atoms with Gasteiger partial charge in [-0.25, -0.2) is 0 Å². The summed E-state index contributed by atoms with van der Waals surface area (Å²) in [4.78, 5) is 24.4. The van der Waals surface area contributed by atoms with E-state index in [1.165, 1.54) is 0 Å². The summed E-state index contributed by atoms with van der Waals surface area (Å²) < 4.78 is 10.4. The fourth-order valence-electron chi connectivity index (χ4n) is 2.43. The molecule has 0 aliphatic carbocycles. The Bertz CT molecular complexity index is 943. The summed E-state index contributed by atoms with van der Waals surface area (Å²) in [5.74, 6) is 0.942. The summed E-state index contributed by atoms with van der Waals surface area (Å²) in [5.41, 5.74) is 8.52. The van der Waals surface area contributed by atoms with Gasteiger partial charge in [0.25, 0.3) is 0 Å². The molecule has 1 heterocycles. The molecule has 0 fully saturated rings. The van der Waals surface area contributed by atoms with Crippen molar-refractivity contribution < 1.29 is 14.3 Å². The fraction of sp³-hybridized carbons (Fsp3) is 0.200. The minimum Gasteiger partial charge on any atom is -0.497 e. The molecule has 0 atom stereocenters. The van der Waals surface area contributed by atoms with Crippen molar-refractivity contribution in [2.45, 2.75) is 20.0 Å². The summed E-state index contributed by atoms with van der Waals surface area (Å²) >= 11 is 0. The Labute approximate surface area is 162 Å². The van der Waals surface area contributed by atoms with Gasteiger partial charge in [0.15, 0.2) is 12.4 Å². The third kappa shape index (κ3) is 5.41. The highest BCUT2D eigenvalue weighted by Gasteiger charge is 2.10. The van der Waals surface area contributed by atoms with Gasteiger partial charge in [-0.1, -0.05) is 29.8 Å².